The molecule has 0 unspecified atom stereocenters. The highest BCUT2D eigenvalue weighted by Crippen LogP contribution is 2.39. The predicted octanol–water partition coefficient (Wildman–Crippen LogP) is 5.81. The Bertz CT molecular complexity index is 484. The quantitative estimate of drug-likeness (QED) is 0.475. The van der Waals surface area contributed by atoms with E-state index < -0.39 is 24.0 Å². The van der Waals surface area contributed by atoms with Gasteiger partial charge in [-0.05, 0) is 68.1 Å². The smallest absolute Gasteiger partial charge is 0.387 e. The standard InChI is InChI=1S/C17H20F4O/c1-2-3-4-11-5-7-12(8-6-11)13-9-14(18)16(15(19)10-13)22-17(20)21/h2,9-12,17H,1,3-8H2. The minimum absolute atomic E-state index is 0.0737. The van der Waals surface area contributed by atoms with E-state index in [1.807, 2.05) is 6.08 Å². The normalized spacial score (nSPS) is 21.9. The van der Waals surface area contributed by atoms with Gasteiger partial charge in [0, 0.05) is 0 Å². The summed E-state index contributed by atoms with van der Waals surface area (Å²) in [5.41, 5.74) is 0.527. The monoisotopic (exact) mass is 316 g/mol. The van der Waals surface area contributed by atoms with Crippen molar-refractivity contribution < 1.29 is 22.3 Å². The van der Waals surface area contributed by atoms with Crippen molar-refractivity contribution in [2.75, 3.05) is 0 Å². The van der Waals surface area contributed by atoms with Gasteiger partial charge in [0.15, 0.2) is 17.4 Å². The average Bonchev–Trinajstić information content (AvgIpc) is 2.49. The van der Waals surface area contributed by atoms with Crippen molar-refractivity contribution in [1.82, 2.24) is 0 Å². The highest BCUT2D eigenvalue weighted by molar-refractivity contribution is 5.33. The summed E-state index contributed by atoms with van der Waals surface area (Å²) in [7, 11) is 0. The molecule has 22 heavy (non-hydrogen) atoms. The molecule has 0 aromatic heterocycles. The van der Waals surface area contributed by atoms with Crippen molar-refractivity contribution in [3.8, 4) is 5.75 Å². The minimum atomic E-state index is -3.24. The van der Waals surface area contributed by atoms with Crippen LogP contribution < -0.4 is 4.74 Å². The van der Waals surface area contributed by atoms with Crippen LogP contribution in [-0.2, 0) is 0 Å². The van der Waals surface area contributed by atoms with Gasteiger partial charge in [-0.25, -0.2) is 8.78 Å². The summed E-state index contributed by atoms with van der Waals surface area (Å²) in [4.78, 5) is 0. The molecule has 0 saturated heterocycles. The molecular weight excluding hydrogens is 296 g/mol. The highest BCUT2D eigenvalue weighted by Gasteiger charge is 2.25. The second-order valence-corrected chi connectivity index (χ2v) is 5.78. The molecule has 0 atom stereocenters. The van der Waals surface area contributed by atoms with E-state index in [1.54, 1.807) is 0 Å². The molecule has 1 aromatic carbocycles. The molecule has 0 heterocycles. The topological polar surface area (TPSA) is 9.23 Å². The zero-order valence-electron chi connectivity index (χ0n) is 12.3. The number of hydrogen-bond donors (Lipinski definition) is 0. The van der Waals surface area contributed by atoms with Gasteiger partial charge in [-0.1, -0.05) is 6.08 Å². The minimum Gasteiger partial charge on any atom is -0.429 e. The molecule has 1 aliphatic carbocycles. The fourth-order valence-electron chi connectivity index (χ4n) is 3.15. The third-order valence-electron chi connectivity index (χ3n) is 4.32. The largest absolute Gasteiger partial charge is 0.429 e. The first-order valence-electron chi connectivity index (χ1n) is 7.56. The van der Waals surface area contributed by atoms with Crippen LogP contribution in [0.1, 0.15) is 50.0 Å². The van der Waals surface area contributed by atoms with Gasteiger partial charge in [-0.15, -0.1) is 6.58 Å². The van der Waals surface area contributed by atoms with E-state index in [0.717, 1.165) is 50.7 Å². The molecule has 0 spiro atoms. The SMILES string of the molecule is C=CCCC1CCC(c2cc(F)c(OC(F)F)c(F)c2)CC1. The van der Waals surface area contributed by atoms with Gasteiger partial charge in [0.1, 0.15) is 0 Å². The number of alkyl halides is 2. The number of rotatable bonds is 6. The maximum absolute atomic E-state index is 13.8. The van der Waals surface area contributed by atoms with Crippen LogP contribution in [0.2, 0.25) is 0 Å². The molecular formula is C17H20F4O. The summed E-state index contributed by atoms with van der Waals surface area (Å²) >= 11 is 0. The Morgan fingerprint density at radius 1 is 1.14 bits per heavy atom. The number of ether oxygens (including phenoxy) is 1. The van der Waals surface area contributed by atoms with E-state index in [4.69, 9.17) is 0 Å². The maximum Gasteiger partial charge on any atom is 0.387 e. The molecule has 1 nitrogen and oxygen atoms in total. The second kappa shape index (κ2) is 7.65. The first kappa shape index (κ1) is 16.8. The van der Waals surface area contributed by atoms with Gasteiger partial charge < -0.3 is 4.74 Å². The zero-order chi connectivity index (χ0) is 16.1. The van der Waals surface area contributed by atoms with Crippen molar-refractivity contribution in [2.45, 2.75) is 51.1 Å². The molecule has 2 rings (SSSR count). The van der Waals surface area contributed by atoms with Gasteiger partial charge in [0.2, 0.25) is 0 Å². The fourth-order valence-corrected chi connectivity index (χ4v) is 3.15. The number of hydrogen-bond acceptors (Lipinski definition) is 1. The van der Waals surface area contributed by atoms with Gasteiger partial charge in [0.05, 0.1) is 0 Å². The van der Waals surface area contributed by atoms with Crippen molar-refractivity contribution in [3.05, 3.63) is 42.0 Å². The van der Waals surface area contributed by atoms with Crippen LogP contribution >= 0.6 is 0 Å². The van der Waals surface area contributed by atoms with Gasteiger partial charge in [-0.2, -0.15) is 8.78 Å². The summed E-state index contributed by atoms with van der Waals surface area (Å²) in [6, 6.07) is 2.24. The Balaban J connectivity index is 2.03. The summed E-state index contributed by atoms with van der Waals surface area (Å²) in [6.07, 6.45) is 7.72. The van der Waals surface area contributed by atoms with E-state index in [2.05, 4.69) is 11.3 Å². The first-order chi connectivity index (χ1) is 10.5. The van der Waals surface area contributed by atoms with Gasteiger partial charge in [-0.3, -0.25) is 0 Å². The molecule has 0 N–H and O–H groups in total. The number of halogens is 4. The van der Waals surface area contributed by atoms with E-state index >= 15 is 0 Å². The van der Waals surface area contributed by atoms with Crippen LogP contribution in [-0.4, -0.2) is 6.61 Å². The molecule has 0 bridgehead atoms. The third-order valence-corrected chi connectivity index (χ3v) is 4.32. The molecule has 0 radical (unpaired) electrons. The van der Waals surface area contributed by atoms with Crippen LogP contribution in [0.3, 0.4) is 0 Å². The molecule has 0 aliphatic heterocycles. The summed E-state index contributed by atoms with van der Waals surface area (Å²) in [6.45, 7) is 0.466. The summed E-state index contributed by atoms with van der Waals surface area (Å²) < 4.78 is 55.6. The van der Waals surface area contributed by atoms with Gasteiger partial charge in [0.25, 0.3) is 0 Å². The Labute approximate surface area is 128 Å². The van der Waals surface area contributed by atoms with Crippen LogP contribution in [0.5, 0.6) is 5.75 Å². The Kier molecular flexibility index (Phi) is 5.86. The molecule has 1 saturated carbocycles. The first-order valence-corrected chi connectivity index (χ1v) is 7.56. The van der Waals surface area contributed by atoms with Crippen LogP contribution in [0.15, 0.2) is 24.8 Å². The van der Waals surface area contributed by atoms with Gasteiger partial charge >= 0.3 is 6.61 Å². The second-order valence-electron chi connectivity index (χ2n) is 5.78. The number of allylic oxidation sites excluding steroid dienone is 1. The lowest BCUT2D eigenvalue weighted by molar-refractivity contribution is -0.0546. The lowest BCUT2D eigenvalue weighted by Gasteiger charge is -2.28. The predicted molar refractivity (Wildman–Crippen MR) is 77.1 cm³/mol. The average molecular weight is 316 g/mol. The van der Waals surface area contributed by atoms with Crippen LogP contribution in [0.4, 0.5) is 17.6 Å². The maximum atomic E-state index is 13.8. The van der Waals surface area contributed by atoms with E-state index in [9.17, 15) is 17.6 Å². The highest BCUT2D eigenvalue weighted by atomic mass is 19.3. The molecule has 5 heteroatoms. The lowest BCUT2D eigenvalue weighted by Crippen LogP contribution is -2.14. The molecule has 1 fully saturated rings. The Morgan fingerprint density at radius 3 is 2.23 bits per heavy atom. The van der Waals surface area contributed by atoms with Crippen molar-refractivity contribution in [1.29, 1.82) is 0 Å². The molecule has 122 valence electrons. The Hall–Kier alpha value is -1.52. The van der Waals surface area contributed by atoms with Crippen molar-refractivity contribution >= 4 is 0 Å². The van der Waals surface area contributed by atoms with E-state index in [-0.39, 0.29) is 5.92 Å². The molecule has 1 aromatic rings. The zero-order valence-corrected chi connectivity index (χ0v) is 12.3. The molecule has 0 amide bonds. The number of benzene rings is 1. The van der Waals surface area contributed by atoms with Crippen molar-refractivity contribution in [3.63, 3.8) is 0 Å². The lowest BCUT2D eigenvalue weighted by atomic mass is 9.77. The summed E-state index contributed by atoms with van der Waals surface area (Å²) in [5.74, 6) is -2.43. The van der Waals surface area contributed by atoms with E-state index in [1.165, 1.54) is 0 Å². The van der Waals surface area contributed by atoms with E-state index in [0.29, 0.717) is 11.5 Å². The van der Waals surface area contributed by atoms with Crippen molar-refractivity contribution in [2.24, 2.45) is 5.92 Å². The van der Waals surface area contributed by atoms with Crippen LogP contribution in [0, 0.1) is 17.6 Å². The van der Waals surface area contributed by atoms with Crippen LogP contribution in [0.25, 0.3) is 0 Å². The third kappa shape index (κ3) is 4.24. The molecule has 1 aliphatic rings. The fraction of sp³-hybridized carbons (Fsp3) is 0.529. The summed E-state index contributed by atoms with van der Waals surface area (Å²) in [5, 5.41) is 0. The Morgan fingerprint density at radius 2 is 1.73 bits per heavy atom.